The van der Waals surface area contributed by atoms with E-state index in [1.54, 1.807) is 50.1 Å². The molecule has 0 saturated heterocycles. The van der Waals surface area contributed by atoms with Crippen molar-refractivity contribution in [2.45, 2.75) is 29.8 Å². The molecule has 1 aromatic heterocycles. The number of aryl methyl sites for hydroxylation is 1. The van der Waals surface area contributed by atoms with Gasteiger partial charge in [-0.1, -0.05) is 72.8 Å². The number of carbonyl (C=O) groups is 1. The number of thioether (sulfide) groups is 1. The summed E-state index contributed by atoms with van der Waals surface area (Å²) < 4.78 is 33.9. The summed E-state index contributed by atoms with van der Waals surface area (Å²) in [4.78, 5) is 21.3. The first-order chi connectivity index (χ1) is 21.3. The SMILES string of the molecule is COc1cccc(CN(CCSc2ccccc2)Cc2ccc(S(=O)(=O)NC(=O)c3sc(-c4ccccc4)nc3C)cc2)c1. The number of benzene rings is 4. The normalized spacial score (nSPS) is 11.4. The molecule has 0 unspecified atom stereocenters. The second-order valence-electron chi connectivity index (χ2n) is 10.1. The number of hydrogen-bond donors (Lipinski definition) is 1. The molecule has 1 heterocycles. The summed E-state index contributed by atoms with van der Waals surface area (Å²) in [5.74, 6) is 1.02. The first-order valence-corrected chi connectivity index (χ1v) is 17.3. The van der Waals surface area contributed by atoms with Gasteiger partial charge in [0.2, 0.25) is 0 Å². The van der Waals surface area contributed by atoms with Gasteiger partial charge in [-0.25, -0.2) is 18.1 Å². The molecule has 0 aliphatic heterocycles. The lowest BCUT2D eigenvalue weighted by Gasteiger charge is -2.23. The Morgan fingerprint density at radius 1 is 0.886 bits per heavy atom. The predicted molar refractivity (Wildman–Crippen MR) is 178 cm³/mol. The van der Waals surface area contributed by atoms with Gasteiger partial charge in [-0.2, -0.15) is 0 Å². The highest BCUT2D eigenvalue weighted by molar-refractivity contribution is 7.99. The van der Waals surface area contributed by atoms with Crippen molar-refractivity contribution in [3.63, 3.8) is 0 Å². The molecule has 5 aromatic rings. The molecule has 5 rings (SSSR count). The molecule has 0 atom stereocenters. The van der Waals surface area contributed by atoms with E-state index in [0.717, 1.165) is 34.7 Å². The fraction of sp³-hybridized carbons (Fsp3) is 0.176. The Morgan fingerprint density at radius 2 is 1.57 bits per heavy atom. The zero-order chi connectivity index (χ0) is 30.9. The third-order valence-corrected chi connectivity index (χ3v) is 10.4. The number of nitrogens with zero attached hydrogens (tertiary/aromatic N) is 2. The topological polar surface area (TPSA) is 88.6 Å². The van der Waals surface area contributed by atoms with Crippen molar-refractivity contribution < 1.29 is 17.9 Å². The summed E-state index contributed by atoms with van der Waals surface area (Å²) >= 11 is 2.97. The van der Waals surface area contributed by atoms with Crippen LogP contribution in [0.1, 0.15) is 26.5 Å². The molecule has 0 spiro atoms. The van der Waals surface area contributed by atoms with Crippen molar-refractivity contribution in [1.82, 2.24) is 14.6 Å². The fourth-order valence-electron chi connectivity index (χ4n) is 4.62. The van der Waals surface area contributed by atoms with Crippen molar-refractivity contribution in [3.05, 3.63) is 131 Å². The van der Waals surface area contributed by atoms with E-state index in [0.29, 0.717) is 23.8 Å². The zero-order valence-corrected chi connectivity index (χ0v) is 26.9. The van der Waals surface area contributed by atoms with Crippen LogP contribution in [0.3, 0.4) is 0 Å². The second-order valence-corrected chi connectivity index (χ2v) is 14.0. The van der Waals surface area contributed by atoms with Gasteiger partial charge in [0, 0.05) is 35.8 Å². The van der Waals surface area contributed by atoms with Crippen LogP contribution >= 0.6 is 23.1 Å². The predicted octanol–water partition coefficient (Wildman–Crippen LogP) is 7.04. The summed E-state index contributed by atoms with van der Waals surface area (Å²) in [6.45, 7) is 3.87. The smallest absolute Gasteiger partial charge is 0.277 e. The van der Waals surface area contributed by atoms with Gasteiger partial charge in [-0.05, 0) is 54.4 Å². The van der Waals surface area contributed by atoms with E-state index >= 15 is 0 Å². The molecule has 4 aromatic carbocycles. The highest BCUT2D eigenvalue weighted by atomic mass is 32.2. The van der Waals surface area contributed by atoms with Crippen LogP contribution in [0.4, 0.5) is 0 Å². The van der Waals surface area contributed by atoms with Crippen molar-refractivity contribution in [3.8, 4) is 16.3 Å². The van der Waals surface area contributed by atoms with E-state index in [-0.39, 0.29) is 9.77 Å². The minimum absolute atomic E-state index is 0.0269. The number of aromatic nitrogens is 1. The third-order valence-electron chi connectivity index (χ3n) is 6.85. The minimum atomic E-state index is -4.08. The summed E-state index contributed by atoms with van der Waals surface area (Å²) in [6.07, 6.45) is 0. The quantitative estimate of drug-likeness (QED) is 0.138. The average molecular weight is 644 g/mol. The number of sulfonamides is 1. The molecule has 1 N–H and O–H groups in total. The largest absolute Gasteiger partial charge is 0.497 e. The Hall–Kier alpha value is -3.96. The standard InChI is InChI=1S/C34H33N3O4S3/c1-25-32(43-34(35-25)28-11-5-3-6-12-28)33(38)36-44(39,40)31-18-16-26(17-19-31)23-37(20-21-42-30-14-7-4-8-15-30)24-27-10-9-13-29(22-27)41-2/h3-19,22H,20-21,23-24H2,1-2H3,(H,36,38). The molecule has 0 aliphatic carbocycles. The molecule has 0 aliphatic rings. The van der Waals surface area contributed by atoms with Crippen LogP contribution in [0.25, 0.3) is 10.6 Å². The molecule has 0 radical (unpaired) electrons. The lowest BCUT2D eigenvalue weighted by atomic mass is 10.1. The molecule has 1 amide bonds. The molecular formula is C34H33N3O4S3. The van der Waals surface area contributed by atoms with Crippen molar-refractivity contribution in [1.29, 1.82) is 0 Å². The number of ether oxygens (including phenoxy) is 1. The molecule has 226 valence electrons. The Balaban J connectivity index is 1.26. The number of rotatable bonds is 13. The molecule has 7 nitrogen and oxygen atoms in total. The van der Waals surface area contributed by atoms with Gasteiger partial charge < -0.3 is 4.74 Å². The monoisotopic (exact) mass is 643 g/mol. The van der Waals surface area contributed by atoms with Crippen LogP contribution in [0.15, 0.2) is 119 Å². The van der Waals surface area contributed by atoms with Crippen LogP contribution in [0, 0.1) is 6.92 Å². The van der Waals surface area contributed by atoms with Crippen molar-refractivity contribution in [2.24, 2.45) is 0 Å². The van der Waals surface area contributed by atoms with Crippen LogP contribution in [-0.2, 0) is 23.1 Å². The van der Waals surface area contributed by atoms with Crippen molar-refractivity contribution >= 4 is 39.0 Å². The molecular weight excluding hydrogens is 611 g/mol. The van der Waals surface area contributed by atoms with Gasteiger partial charge >= 0.3 is 0 Å². The lowest BCUT2D eigenvalue weighted by molar-refractivity contribution is 0.0984. The maximum absolute atomic E-state index is 13.1. The van der Waals surface area contributed by atoms with Gasteiger partial charge in [0.1, 0.15) is 15.6 Å². The number of thiazole rings is 1. The number of hydrogen-bond acceptors (Lipinski definition) is 8. The van der Waals surface area contributed by atoms with Crippen LogP contribution < -0.4 is 9.46 Å². The molecule has 10 heteroatoms. The van der Waals surface area contributed by atoms with E-state index in [1.807, 2.05) is 66.7 Å². The maximum atomic E-state index is 13.1. The van der Waals surface area contributed by atoms with E-state index in [2.05, 4.69) is 32.8 Å². The number of methoxy groups -OCH3 is 1. The number of amides is 1. The van der Waals surface area contributed by atoms with Gasteiger partial charge in [0.05, 0.1) is 17.7 Å². The fourth-order valence-corrected chi connectivity index (χ4v) is 7.55. The second kappa shape index (κ2) is 14.7. The Morgan fingerprint density at radius 3 is 2.27 bits per heavy atom. The minimum Gasteiger partial charge on any atom is -0.497 e. The summed E-state index contributed by atoms with van der Waals surface area (Å²) in [6, 6.07) is 34.5. The summed E-state index contributed by atoms with van der Waals surface area (Å²) in [5, 5.41) is 0.663. The average Bonchev–Trinajstić information content (AvgIpc) is 3.44. The first kappa shape index (κ1) is 31.5. The van der Waals surface area contributed by atoms with Gasteiger partial charge in [-0.15, -0.1) is 23.1 Å². The highest BCUT2D eigenvalue weighted by Crippen LogP contribution is 2.28. The highest BCUT2D eigenvalue weighted by Gasteiger charge is 2.23. The van der Waals surface area contributed by atoms with E-state index in [9.17, 15) is 13.2 Å². The van der Waals surface area contributed by atoms with E-state index < -0.39 is 15.9 Å². The number of nitrogens with one attached hydrogen (secondary N) is 1. The lowest BCUT2D eigenvalue weighted by Crippen LogP contribution is -2.30. The number of carbonyl (C=O) groups excluding carboxylic acids is 1. The molecule has 44 heavy (non-hydrogen) atoms. The van der Waals surface area contributed by atoms with Gasteiger partial charge in [-0.3, -0.25) is 9.69 Å². The third kappa shape index (κ3) is 8.35. The Labute approximate surface area is 267 Å². The van der Waals surface area contributed by atoms with Gasteiger partial charge in [0.15, 0.2) is 0 Å². The van der Waals surface area contributed by atoms with Crippen LogP contribution in [0.5, 0.6) is 5.75 Å². The first-order valence-electron chi connectivity index (χ1n) is 14.0. The van der Waals surface area contributed by atoms with E-state index in [1.165, 1.54) is 16.2 Å². The molecule has 0 fully saturated rings. The Kier molecular flexibility index (Phi) is 10.5. The van der Waals surface area contributed by atoms with Crippen molar-refractivity contribution in [2.75, 3.05) is 19.4 Å². The summed E-state index contributed by atoms with van der Waals surface area (Å²) in [5.41, 5.74) is 3.45. The summed E-state index contributed by atoms with van der Waals surface area (Å²) in [7, 11) is -2.42. The van der Waals surface area contributed by atoms with Crippen LogP contribution in [0.2, 0.25) is 0 Å². The molecule has 0 bridgehead atoms. The Bertz CT molecular complexity index is 1790. The van der Waals surface area contributed by atoms with Crippen LogP contribution in [-0.4, -0.2) is 43.6 Å². The zero-order valence-electron chi connectivity index (χ0n) is 24.5. The van der Waals surface area contributed by atoms with E-state index in [4.69, 9.17) is 4.74 Å². The molecule has 0 saturated carbocycles. The van der Waals surface area contributed by atoms with Gasteiger partial charge in [0.25, 0.3) is 15.9 Å². The maximum Gasteiger partial charge on any atom is 0.277 e.